The van der Waals surface area contributed by atoms with Crippen molar-refractivity contribution in [3.8, 4) is 0 Å². The van der Waals surface area contributed by atoms with Crippen LogP contribution >= 0.6 is 11.3 Å². The van der Waals surface area contributed by atoms with Crippen molar-refractivity contribution < 1.29 is 0 Å². The molecule has 4 rings (SSSR count). The van der Waals surface area contributed by atoms with Gasteiger partial charge in [-0.2, -0.15) is 0 Å². The van der Waals surface area contributed by atoms with Crippen molar-refractivity contribution >= 4 is 22.8 Å². The summed E-state index contributed by atoms with van der Waals surface area (Å²) in [6.07, 6.45) is 2.78. The van der Waals surface area contributed by atoms with Crippen LogP contribution in [0, 0.1) is 0 Å². The first kappa shape index (κ1) is 12.6. The quantitative estimate of drug-likeness (QED) is 0.693. The van der Waals surface area contributed by atoms with Crippen molar-refractivity contribution in [3.05, 3.63) is 62.7 Å². The number of thiophene rings is 1. The van der Waals surface area contributed by atoms with Crippen LogP contribution in [-0.2, 0) is 6.42 Å². The van der Waals surface area contributed by atoms with E-state index in [4.69, 9.17) is 0 Å². The molecule has 106 valence electrons. The van der Waals surface area contributed by atoms with Gasteiger partial charge in [0.15, 0.2) is 0 Å². The summed E-state index contributed by atoms with van der Waals surface area (Å²) in [6, 6.07) is 9.71. The van der Waals surface area contributed by atoms with E-state index in [0.29, 0.717) is 5.65 Å². The average Bonchev–Trinajstić information content (AvgIpc) is 2.97. The first-order valence-electron chi connectivity index (χ1n) is 7.05. The van der Waals surface area contributed by atoms with Gasteiger partial charge in [0.25, 0.3) is 5.56 Å². The van der Waals surface area contributed by atoms with Gasteiger partial charge in [0.1, 0.15) is 11.5 Å². The Morgan fingerprint density at radius 1 is 1.33 bits per heavy atom. The van der Waals surface area contributed by atoms with Gasteiger partial charge in [-0.15, -0.1) is 11.3 Å². The lowest BCUT2D eigenvalue weighted by Gasteiger charge is -2.34. The minimum absolute atomic E-state index is 0.0288. The molecule has 4 heterocycles. The second kappa shape index (κ2) is 4.70. The highest BCUT2D eigenvalue weighted by atomic mass is 32.1. The van der Waals surface area contributed by atoms with E-state index in [9.17, 15) is 4.79 Å². The molecule has 0 aromatic carbocycles. The molecule has 21 heavy (non-hydrogen) atoms. The normalized spacial score (nSPS) is 18.0. The molecule has 3 aromatic heterocycles. The van der Waals surface area contributed by atoms with Crippen LogP contribution in [0.2, 0.25) is 0 Å². The number of hydrogen-bond donors (Lipinski definition) is 0. The first-order chi connectivity index (χ1) is 10.2. The van der Waals surface area contributed by atoms with Crippen LogP contribution in [0.4, 0.5) is 5.82 Å². The Bertz CT molecular complexity index is 867. The monoisotopic (exact) mass is 297 g/mol. The molecule has 0 N–H and O–H groups in total. The number of anilines is 1. The molecule has 4 nitrogen and oxygen atoms in total. The van der Waals surface area contributed by atoms with Crippen molar-refractivity contribution in [1.29, 1.82) is 0 Å². The average molecular weight is 297 g/mol. The molecule has 3 aromatic rings. The van der Waals surface area contributed by atoms with Crippen LogP contribution < -0.4 is 10.5 Å². The van der Waals surface area contributed by atoms with Crippen molar-refractivity contribution in [2.45, 2.75) is 19.4 Å². The third kappa shape index (κ3) is 1.96. The molecule has 0 radical (unpaired) electrons. The Morgan fingerprint density at radius 2 is 2.24 bits per heavy atom. The molecule has 1 atom stereocenters. The van der Waals surface area contributed by atoms with Crippen LogP contribution in [-0.4, -0.2) is 15.9 Å². The molecular weight excluding hydrogens is 282 g/mol. The summed E-state index contributed by atoms with van der Waals surface area (Å²) in [4.78, 5) is 20.6. The maximum Gasteiger partial charge on any atom is 0.259 e. The lowest BCUT2D eigenvalue weighted by atomic mass is 10.0. The lowest BCUT2D eigenvalue weighted by Crippen LogP contribution is -2.34. The molecule has 0 saturated heterocycles. The lowest BCUT2D eigenvalue weighted by molar-refractivity contribution is 0.624. The zero-order chi connectivity index (χ0) is 14.4. The van der Waals surface area contributed by atoms with Crippen LogP contribution in [0.25, 0.3) is 5.65 Å². The van der Waals surface area contributed by atoms with Gasteiger partial charge in [-0.3, -0.25) is 9.20 Å². The van der Waals surface area contributed by atoms with Crippen molar-refractivity contribution in [1.82, 2.24) is 9.38 Å². The summed E-state index contributed by atoms with van der Waals surface area (Å²) < 4.78 is 1.58. The van der Waals surface area contributed by atoms with Crippen LogP contribution in [0.15, 0.2) is 46.7 Å². The van der Waals surface area contributed by atoms with E-state index >= 15 is 0 Å². The van der Waals surface area contributed by atoms with Gasteiger partial charge in [-0.1, -0.05) is 6.07 Å². The summed E-state index contributed by atoms with van der Waals surface area (Å²) in [6.45, 7) is 3.09. The Hall–Kier alpha value is -2.14. The highest BCUT2D eigenvalue weighted by molar-refractivity contribution is 7.10. The summed E-state index contributed by atoms with van der Waals surface area (Å²) in [5, 5.41) is 2.15. The van der Waals surface area contributed by atoms with Gasteiger partial charge in [0, 0.05) is 23.7 Å². The highest BCUT2D eigenvalue weighted by Gasteiger charge is 2.26. The fourth-order valence-electron chi connectivity index (χ4n) is 3.01. The summed E-state index contributed by atoms with van der Waals surface area (Å²) in [5.74, 6) is 0.774. The topological polar surface area (TPSA) is 37.6 Å². The number of nitrogens with zero attached hydrogens (tertiary/aromatic N) is 3. The van der Waals surface area contributed by atoms with Gasteiger partial charge >= 0.3 is 0 Å². The molecule has 0 spiro atoms. The SMILES string of the molecule is CC1c2ccsc2CCN1c1cc(=O)n2ccccc2n1. The van der Waals surface area contributed by atoms with E-state index in [1.54, 1.807) is 16.7 Å². The van der Waals surface area contributed by atoms with Crippen molar-refractivity contribution in [2.24, 2.45) is 0 Å². The Morgan fingerprint density at radius 3 is 3.14 bits per heavy atom. The summed E-state index contributed by atoms with van der Waals surface area (Å²) in [7, 11) is 0. The molecular formula is C16H15N3OS. The number of fused-ring (bicyclic) bond motifs is 2. The van der Waals surface area contributed by atoms with E-state index in [-0.39, 0.29) is 11.6 Å². The highest BCUT2D eigenvalue weighted by Crippen LogP contribution is 2.34. The molecule has 0 aliphatic carbocycles. The molecule has 0 fully saturated rings. The van der Waals surface area contributed by atoms with Gasteiger partial charge < -0.3 is 4.90 Å². The van der Waals surface area contributed by atoms with Crippen LogP contribution in [0.1, 0.15) is 23.4 Å². The van der Waals surface area contributed by atoms with Crippen molar-refractivity contribution in [2.75, 3.05) is 11.4 Å². The molecule has 1 unspecified atom stereocenters. The van der Waals surface area contributed by atoms with Crippen molar-refractivity contribution in [3.63, 3.8) is 0 Å². The fourth-order valence-corrected chi connectivity index (χ4v) is 3.97. The Balaban J connectivity index is 1.82. The smallest absolute Gasteiger partial charge is 0.259 e. The number of aromatic nitrogens is 2. The standard InChI is InChI=1S/C16H15N3OS/c1-11-12-6-9-21-13(12)5-8-18(11)15-10-16(20)19-7-3-2-4-14(19)17-15/h2-4,6-7,9-11H,5,8H2,1H3. The minimum Gasteiger partial charge on any atom is -0.349 e. The summed E-state index contributed by atoms with van der Waals surface area (Å²) >= 11 is 1.82. The zero-order valence-corrected chi connectivity index (χ0v) is 12.5. The minimum atomic E-state index is -0.0288. The first-order valence-corrected chi connectivity index (χ1v) is 7.93. The maximum atomic E-state index is 12.2. The van der Waals surface area contributed by atoms with E-state index in [1.807, 2.05) is 29.5 Å². The molecule has 0 amide bonds. The number of pyridine rings is 1. The number of rotatable bonds is 1. The summed E-state index contributed by atoms with van der Waals surface area (Å²) in [5.41, 5.74) is 2.03. The second-order valence-electron chi connectivity index (χ2n) is 5.30. The van der Waals surface area contributed by atoms with Gasteiger partial charge in [0.2, 0.25) is 0 Å². The van der Waals surface area contributed by atoms with E-state index < -0.39 is 0 Å². The fraction of sp³-hybridized carbons (Fsp3) is 0.250. The molecule has 1 aliphatic rings. The third-order valence-corrected chi connectivity index (χ3v) is 5.13. The van der Waals surface area contributed by atoms with E-state index in [2.05, 4.69) is 28.3 Å². The van der Waals surface area contributed by atoms with E-state index in [1.165, 1.54) is 10.4 Å². The van der Waals surface area contributed by atoms with E-state index in [0.717, 1.165) is 18.8 Å². The largest absolute Gasteiger partial charge is 0.349 e. The molecule has 0 bridgehead atoms. The predicted molar refractivity (Wildman–Crippen MR) is 85.2 cm³/mol. The third-order valence-electron chi connectivity index (χ3n) is 4.13. The Labute approximate surface area is 126 Å². The molecule has 0 saturated carbocycles. The Kier molecular flexibility index (Phi) is 2.82. The van der Waals surface area contributed by atoms with Gasteiger partial charge in [-0.05, 0) is 42.5 Å². The van der Waals surface area contributed by atoms with Crippen LogP contribution in [0.5, 0.6) is 0 Å². The van der Waals surface area contributed by atoms with Gasteiger partial charge in [0.05, 0.1) is 6.04 Å². The molecule has 5 heteroatoms. The second-order valence-corrected chi connectivity index (χ2v) is 6.30. The maximum absolute atomic E-state index is 12.2. The molecule has 1 aliphatic heterocycles. The van der Waals surface area contributed by atoms with Gasteiger partial charge in [-0.25, -0.2) is 4.98 Å². The predicted octanol–water partition coefficient (Wildman–Crippen LogP) is 2.88. The van der Waals surface area contributed by atoms with Crippen LogP contribution in [0.3, 0.4) is 0 Å². The number of hydrogen-bond acceptors (Lipinski definition) is 4. The zero-order valence-electron chi connectivity index (χ0n) is 11.7.